The summed E-state index contributed by atoms with van der Waals surface area (Å²) in [5, 5.41) is 5.40. The van der Waals surface area contributed by atoms with E-state index >= 15 is 0 Å². The Morgan fingerprint density at radius 2 is 1.11 bits per heavy atom. The molecule has 0 aliphatic rings. The summed E-state index contributed by atoms with van der Waals surface area (Å²) >= 11 is 0. The van der Waals surface area contributed by atoms with Crippen molar-refractivity contribution in [3.05, 3.63) is 120 Å². The van der Waals surface area contributed by atoms with E-state index in [1.807, 2.05) is 91.0 Å². The maximum Gasteiger partial charge on any atom is 0.334 e. The highest BCUT2D eigenvalue weighted by atomic mass is 16.6. The van der Waals surface area contributed by atoms with Gasteiger partial charge in [-0.05, 0) is 6.92 Å². The lowest BCUT2D eigenvalue weighted by Gasteiger charge is -2.35. The third-order valence-electron chi connectivity index (χ3n) is 4.14. The number of esters is 1. The van der Waals surface area contributed by atoms with Gasteiger partial charge in [0.1, 0.15) is 0 Å². The molecule has 4 heteroatoms. The van der Waals surface area contributed by atoms with Crippen molar-refractivity contribution in [1.82, 2.24) is 0 Å². The predicted molar refractivity (Wildman–Crippen MR) is 109 cm³/mol. The summed E-state index contributed by atoms with van der Waals surface area (Å²) in [6.45, 7) is 5.41. The van der Waals surface area contributed by atoms with Gasteiger partial charge in [-0.2, -0.15) is 0 Å². The summed E-state index contributed by atoms with van der Waals surface area (Å²) in [6, 6.07) is 29.4. The zero-order valence-electron chi connectivity index (χ0n) is 15.6. The fourth-order valence-electron chi connectivity index (χ4n) is 2.92. The first-order valence-electron chi connectivity index (χ1n) is 8.65. The van der Waals surface area contributed by atoms with E-state index in [0.29, 0.717) is 5.57 Å². The molecule has 0 amide bonds. The van der Waals surface area contributed by atoms with Gasteiger partial charge < -0.3 is 4.74 Å². The standard InChI is InChI=1S/C23H20O2.CHNO/c1-18(2)22(24)25-23(19-12-6-3-7-13-19,20-14-8-4-9-15-20)21-16-10-5-11-17-21;2-1-3/h3-17H,1H2,2H3;2H. The topological polar surface area (TPSA) is 67.2 Å². The number of hydrogen-bond acceptors (Lipinski definition) is 4. The molecule has 0 bridgehead atoms. The van der Waals surface area contributed by atoms with Gasteiger partial charge >= 0.3 is 5.97 Å². The Morgan fingerprint density at radius 3 is 1.36 bits per heavy atom. The maximum absolute atomic E-state index is 12.6. The number of isocyanates is 1. The molecule has 0 fully saturated rings. The molecule has 3 aromatic rings. The molecule has 0 radical (unpaired) electrons. The molecule has 0 atom stereocenters. The van der Waals surface area contributed by atoms with Gasteiger partial charge in [0.15, 0.2) is 5.60 Å². The van der Waals surface area contributed by atoms with Crippen molar-refractivity contribution in [3.8, 4) is 0 Å². The Bertz CT molecular complexity index is 848. The van der Waals surface area contributed by atoms with Gasteiger partial charge in [-0.1, -0.05) is 97.6 Å². The van der Waals surface area contributed by atoms with Gasteiger partial charge in [-0.15, -0.1) is 0 Å². The molecule has 0 unspecified atom stereocenters. The van der Waals surface area contributed by atoms with Crippen LogP contribution in [0.4, 0.5) is 0 Å². The first-order valence-corrected chi connectivity index (χ1v) is 8.65. The Hall–Kier alpha value is -3.75. The quantitative estimate of drug-likeness (QED) is 0.226. The number of rotatable bonds is 5. The summed E-state index contributed by atoms with van der Waals surface area (Å²) in [5.74, 6) is -0.420. The second kappa shape index (κ2) is 9.81. The number of nitrogens with one attached hydrogen (secondary N) is 1. The van der Waals surface area contributed by atoms with E-state index in [2.05, 4.69) is 6.58 Å². The Balaban J connectivity index is 0.000000878. The first-order chi connectivity index (χ1) is 13.6. The molecular weight excluding hydrogens is 350 g/mol. The number of carbonyl (C=O) groups is 1. The van der Waals surface area contributed by atoms with Crippen molar-refractivity contribution in [2.24, 2.45) is 0 Å². The lowest BCUT2D eigenvalue weighted by Crippen LogP contribution is -2.35. The van der Waals surface area contributed by atoms with Crippen molar-refractivity contribution >= 4 is 12.0 Å². The highest BCUT2D eigenvalue weighted by molar-refractivity contribution is 5.88. The Morgan fingerprint density at radius 1 is 0.821 bits per heavy atom. The molecule has 4 nitrogen and oxygen atoms in total. The molecule has 0 saturated carbocycles. The fourth-order valence-corrected chi connectivity index (χ4v) is 2.92. The molecular formula is C24H21NO3. The number of ether oxygens (including phenoxy) is 1. The molecule has 140 valence electrons. The van der Waals surface area contributed by atoms with E-state index in [9.17, 15) is 4.79 Å². The minimum absolute atomic E-state index is 0.368. The van der Waals surface area contributed by atoms with Gasteiger partial charge in [0.25, 0.3) is 0 Å². The van der Waals surface area contributed by atoms with E-state index in [0.717, 1.165) is 22.8 Å². The molecule has 0 aromatic heterocycles. The third kappa shape index (κ3) is 4.50. The van der Waals surface area contributed by atoms with Gasteiger partial charge in [0.05, 0.1) is 0 Å². The number of benzene rings is 3. The van der Waals surface area contributed by atoms with Crippen LogP contribution in [0.3, 0.4) is 0 Å². The minimum atomic E-state index is -1.03. The lowest BCUT2D eigenvalue weighted by atomic mass is 9.80. The van der Waals surface area contributed by atoms with Crippen LogP contribution < -0.4 is 0 Å². The van der Waals surface area contributed by atoms with Crippen molar-refractivity contribution in [2.45, 2.75) is 12.5 Å². The van der Waals surface area contributed by atoms with Crippen molar-refractivity contribution < 1.29 is 14.3 Å². The minimum Gasteiger partial charge on any atom is -0.441 e. The zero-order valence-corrected chi connectivity index (χ0v) is 15.6. The Kier molecular flexibility index (Phi) is 7.21. The summed E-state index contributed by atoms with van der Waals surface area (Å²) < 4.78 is 6.12. The molecule has 28 heavy (non-hydrogen) atoms. The highest BCUT2D eigenvalue weighted by Gasteiger charge is 2.40. The average Bonchev–Trinajstić information content (AvgIpc) is 2.74. The molecule has 0 spiro atoms. The molecule has 3 rings (SSSR count). The van der Waals surface area contributed by atoms with E-state index in [1.165, 1.54) is 0 Å². The summed E-state index contributed by atoms with van der Waals surface area (Å²) in [6.07, 6.45) is 0.750. The monoisotopic (exact) mass is 371 g/mol. The predicted octanol–water partition coefficient (Wildman–Crippen LogP) is 5.00. The third-order valence-corrected chi connectivity index (χ3v) is 4.14. The fraction of sp³-hybridized carbons (Fsp3) is 0.0833. The van der Waals surface area contributed by atoms with Crippen LogP contribution in [0.15, 0.2) is 103 Å². The van der Waals surface area contributed by atoms with Crippen molar-refractivity contribution in [3.63, 3.8) is 0 Å². The average molecular weight is 371 g/mol. The van der Waals surface area contributed by atoms with Crippen molar-refractivity contribution in [2.75, 3.05) is 0 Å². The van der Waals surface area contributed by atoms with E-state index in [1.54, 1.807) is 6.92 Å². The van der Waals surface area contributed by atoms with Crippen LogP contribution in [-0.2, 0) is 19.9 Å². The van der Waals surface area contributed by atoms with Crippen LogP contribution in [-0.4, -0.2) is 12.0 Å². The molecule has 0 heterocycles. The molecule has 0 aliphatic carbocycles. The SMILES string of the molecule is C=C(C)C(=O)OC(c1ccccc1)(c1ccccc1)c1ccccc1.N=C=O. The highest BCUT2D eigenvalue weighted by Crippen LogP contribution is 2.40. The van der Waals surface area contributed by atoms with Crippen LogP contribution in [0.25, 0.3) is 0 Å². The molecule has 0 aliphatic heterocycles. The zero-order chi connectivity index (χ0) is 20.4. The molecule has 0 saturated heterocycles. The number of hydrogen-bond donors (Lipinski definition) is 1. The number of carbonyl (C=O) groups excluding carboxylic acids is 2. The summed E-state index contributed by atoms with van der Waals surface area (Å²) in [7, 11) is 0. The maximum atomic E-state index is 12.6. The lowest BCUT2D eigenvalue weighted by molar-refractivity contribution is -0.148. The van der Waals surface area contributed by atoms with Crippen molar-refractivity contribution in [1.29, 1.82) is 5.41 Å². The van der Waals surface area contributed by atoms with E-state index < -0.39 is 11.6 Å². The molecule has 1 N–H and O–H groups in total. The van der Waals surface area contributed by atoms with Gasteiger partial charge in [-0.25, -0.2) is 15.0 Å². The second-order valence-electron chi connectivity index (χ2n) is 6.05. The van der Waals surface area contributed by atoms with Gasteiger partial charge in [0.2, 0.25) is 6.08 Å². The van der Waals surface area contributed by atoms with E-state index in [-0.39, 0.29) is 0 Å². The summed E-state index contributed by atoms with van der Waals surface area (Å²) in [4.78, 5) is 20.9. The molecule has 3 aromatic carbocycles. The Labute approximate surface area is 164 Å². The largest absolute Gasteiger partial charge is 0.441 e. The summed E-state index contributed by atoms with van der Waals surface area (Å²) in [5.41, 5.74) is 2.01. The first kappa shape index (κ1) is 20.6. The van der Waals surface area contributed by atoms with Gasteiger partial charge in [0, 0.05) is 22.3 Å². The van der Waals surface area contributed by atoms with E-state index in [4.69, 9.17) is 14.9 Å². The van der Waals surface area contributed by atoms with Gasteiger partial charge in [-0.3, -0.25) is 0 Å². The van der Waals surface area contributed by atoms with Crippen LogP contribution in [0, 0.1) is 5.41 Å². The normalized spacial score (nSPS) is 10.0. The van der Waals surface area contributed by atoms with Crippen LogP contribution in [0.5, 0.6) is 0 Å². The second-order valence-corrected chi connectivity index (χ2v) is 6.05. The van der Waals surface area contributed by atoms with Crippen LogP contribution in [0.2, 0.25) is 0 Å². The smallest absolute Gasteiger partial charge is 0.334 e. The van der Waals surface area contributed by atoms with Crippen LogP contribution >= 0.6 is 0 Å². The van der Waals surface area contributed by atoms with Crippen LogP contribution in [0.1, 0.15) is 23.6 Å².